The molecule has 2 aliphatic heterocycles. The molecule has 0 saturated carbocycles. The number of nitrogens with zero attached hydrogens (tertiary/aromatic N) is 1. The van der Waals surface area contributed by atoms with E-state index in [0.29, 0.717) is 11.1 Å². The maximum absolute atomic E-state index is 12.8. The average molecular weight is 314 g/mol. The van der Waals surface area contributed by atoms with E-state index in [1.54, 1.807) is 12.1 Å². The molecule has 1 atom stereocenters. The van der Waals surface area contributed by atoms with Gasteiger partial charge in [-0.05, 0) is 23.5 Å². The second-order valence-electron chi connectivity index (χ2n) is 6.93. The summed E-state index contributed by atoms with van der Waals surface area (Å²) in [6, 6.07) is 4.26. The van der Waals surface area contributed by atoms with Crippen LogP contribution in [-0.4, -0.2) is 34.6 Å². The van der Waals surface area contributed by atoms with E-state index in [0.717, 1.165) is 10.5 Å². The lowest BCUT2D eigenvalue weighted by molar-refractivity contribution is -0.136. The Labute approximate surface area is 133 Å². The van der Waals surface area contributed by atoms with E-state index >= 15 is 0 Å². The molecule has 2 aliphatic rings. The molecule has 0 aliphatic carbocycles. The lowest BCUT2D eigenvalue weighted by atomic mass is 9.82. The lowest BCUT2D eigenvalue weighted by Gasteiger charge is -2.28. The summed E-state index contributed by atoms with van der Waals surface area (Å²) >= 11 is 0. The topological polar surface area (TPSA) is 83.6 Å². The van der Waals surface area contributed by atoms with Gasteiger partial charge in [0.05, 0.1) is 11.1 Å². The average Bonchev–Trinajstić information content (AvgIpc) is 2.71. The zero-order valence-electron chi connectivity index (χ0n) is 13.3. The van der Waals surface area contributed by atoms with Crippen LogP contribution in [0.1, 0.15) is 59.9 Å². The number of imide groups is 2. The van der Waals surface area contributed by atoms with Crippen molar-refractivity contribution >= 4 is 23.6 Å². The van der Waals surface area contributed by atoms with Crippen LogP contribution in [0.5, 0.6) is 0 Å². The summed E-state index contributed by atoms with van der Waals surface area (Å²) in [7, 11) is 0. The van der Waals surface area contributed by atoms with Crippen LogP contribution in [0.4, 0.5) is 0 Å². The third kappa shape index (κ3) is 2.34. The highest BCUT2D eigenvalue weighted by molar-refractivity contribution is 6.24. The quantitative estimate of drug-likeness (QED) is 0.794. The Kier molecular flexibility index (Phi) is 3.35. The molecule has 0 radical (unpaired) electrons. The molecule has 1 N–H and O–H groups in total. The van der Waals surface area contributed by atoms with Crippen molar-refractivity contribution in [2.24, 2.45) is 0 Å². The van der Waals surface area contributed by atoms with Gasteiger partial charge in [-0.25, -0.2) is 0 Å². The minimum atomic E-state index is -0.923. The smallest absolute Gasteiger partial charge is 0.262 e. The highest BCUT2D eigenvalue weighted by Crippen LogP contribution is 2.35. The fraction of sp³-hybridized carbons (Fsp3) is 0.412. The first kappa shape index (κ1) is 15.4. The summed E-state index contributed by atoms with van der Waals surface area (Å²) in [5.41, 5.74) is 1.17. The molecule has 1 fully saturated rings. The number of carbonyl (C=O) groups is 4. The van der Waals surface area contributed by atoms with Gasteiger partial charge in [-0.2, -0.15) is 0 Å². The first-order valence-electron chi connectivity index (χ1n) is 7.57. The molecule has 120 valence electrons. The van der Waals surface area contributed by atoms with Gasteiger partial charge in [0.25, 0.3) is 11.8 Å². The van der Waals surface area contributed by atoms with Crippen LogP contribution in [0.2, 0.25) is 0 Å². The minimum Gasteiger partial charge on any atom is -0.295 e. The normalized spacial score (nSPS) is 21.5. The molecular weight excluding hydrogens is 296 g/mol. The van der Waals surface area contributed by atoms with Gasteiger partial charge >= 0.3 is 0 Å². The molecule has 1 saturated heterocycles. The molecule has 3 rings (SSSR count). The Morgan fingerprint density at radius 1 is 1.09 bits per heavy atom. The van der Waals surface area contributed by atoms with Crippen LogP contribution < -0.4 is 5.32 Å². The predicted molar refractivity (Wildman–Crippen MR) is 81.8 cm³/mol. The minimum absolute atomic E-state index is 0.121. The van der Waals surface area contributed by atoms with Gasteiger partial charge in [-0.3, -0.25) is 29.4 Å². The molecule has 1 aromatic rings. The Balaban J connectivity index is 2.05. The Bertz CT molecular complexity index is 745. The van der Waals surface area contributed by atoms with Crippen molar-refractivity contribution in [1.82, 2.24) is 10.2 Å². The first-order chi connectivity index (χ1) is 10.7. The fourth-order valence-electron chi connectivity index (χ4n) is 3.14. The standard InChI is InChI=1S/C17H18N2O4/c1-17(2,3)10-6-4-5-9-13(10)16(23)19(15(9)22)11-7-8-12(20)18-14(11)21/h4-6,11H,7-8H2,1-3H3,(H,18,20,21)/t11-/m0/s1. The van der Waals surface area contributed by atoms with Crippen LogP contribution in [0, 0.1) is 0 Å². The van der Waals surface area contributed by atoms with Crippen molar-refractivity contribution in [3.63, 3.8) is 0 Å². The molecule has 6 nitrogen and oxygen atoms in total. The lowest BCUT2D eigenvalue weighted by Crippen LogP contribution is -2.54. The van der Waals surface area contributed by atoms with Gasteiger partial charge in [0.1, 0.15) is 6.04 Å². The van der Waals surface area contributed by atoms with Crippen molar-refractivity contribution in [2.75, 3.05) is 0 Å². The second kappa shape index (κ2) is 5.01. The van der Waals surface area contributed by atoms with E-state index < -0.39 is 23.8 Å². The number of nitrogens with one attached hydrogen (secondary N) is 1. The summed E-state index contributed by atoms with van der Waals surface area (Å²) in [6.45, 7) is 5.90. The van der Waals surface area contributed by atoms with Crippen LogP contribution >= 0.6 is 0 Å². The zero-order chi connectivity index (χ0) is 16.9. The Morgan fingerprint density at radius 3 is 2.39 bits per heavy atom. The van der Waals surface area contributed by atoms with Gasteiger partial charge in [0.2, 0.25) is 11.8 Å². The van der Waals surface area contributed by atoms with Crippen LogP contribution in [-0.2, 0) is 15.0 Å². The molecule has 0 spiro atoms. The van der Waals surface area contributed by atoms with Crippen LogP contribution in [0.25, 0.3) is 0 Å². The van der Waals surface area contributed by atoms with E-state index in [1.807, 2.05) is 26.8 Å². The number of benzene rings is 1. The Hall–Kier alpha value is -2.50. The largest absolute Gasteiger partial charge is 0.295 e. The Morgan fingerprint density at radius 2 is 1.78 bits per heavy atom. The third-order valence-electron chi connectivity index (χ3n) is 4.28. The summed E-state index contributed by atoms with van der Waals surface area (Å²) in [5.74, 6) is -1.89. The SMILES string of the molecule is CC(C)(C)c1cccc2c1C(=O)N([C@H]1CCC(=O)NC1=O)C2=O. The number of hydrogen-bond donors (Lipinski definition) is 1. The second-order valence-corrected chi connectivity index (χ2v) is 6.93. The summed E-state index contributed by atoms with van der Waals surface area (Å²) in [6.07, 6.45) is 0.289. The fourth-order valence-corrected chi connectivity index (χ4v) is 3.14. The van der Waals surface area contributed by atoms with Crippen molar-refractivity contribution in [2.45, 2.75) is 45.1 Å². The highest BCUT2D eigenvalue weighted by atomic mass is 16.2. The van der Waals surface area contributed by atoms with E-state index in [2.05, 4.69) is 5.32 Å². The molecule has 0 aromatic heterocycles. The number of piperidine rings is 1. The molecule has 4 amide bonds. The molecular formula is C17H18N2O4. The van der Waals surface area contributed by atoms with E-state index in [-0.39, 0.29) is 24.2 Å². The first-order valence-corrected chi connectivity index (χ1v) is 7.57. The van der Waals surface area contributed by atoms with Gasteiger partial charge in [0.15, 0.2) is 0 Å². The maximum atomic E-state index is 12.8. The molecule has 1 aromatic carbocycles. The number of fused-ring (bicyclic) bond motifs is 1. The van der Waals surface area contributed by atoms with Crippen molar-refractivity contribution in [3.8, 4) is 0 Å². The molecule has 23 heavy (non-hydrogen) atoms. The molecule has 0 unspecified atom stereocenters. The van der Waals surface area contributed by atoms with Gasteiger partial charge in [-0.15, -0.1) is 0 Å². The van der Waals surface area contributed by atoms with E-state index in [4.69, 9.17) is 0 Å². The summed E-state index contributed by atoms with van der Waals surface area (Å²) < 4.78 is 0. The number of carbonyl (C=O) groups excluding carboxylic acids is 4. The van der Waals surface area contributed by atoms with Crippen molar-refractivity contribution in [3.05, 3.63) is 34.9 Å². The third-order valence-corrected chi connectivity index (χ3v) is 4.28. The maximum Gasteiger partial charge on any atom is 0.262 e. The number of amides is 4. The van der Waals surface area contributed by atoms with Crippen molar-refractivity contribution in [1.29, 1.82) is 0 Å². The van der Waals surface area contributed by atoms with Gasteiger partial charge in [-0.1, -0.05) is 32.9 Å². The van der Waals surface area contributed by atoms with Crippen molar-refractivity contribution < 1.29 is 19.2 Å². The molecule has 0 bridgehead atoms. The number of hydrogen-bond acceptors (Lipinski definition) is 4. The summed E-state index contributed by atoms with van der Waals surface area (Å²) in [4.78, 5) is 49.8. The summed E-state index contributed by atoms with van der Waals surface area (Å²) in [5, 5.41) is 2.20. The van der Waals surface area contributed by atoms with E-state index in [9.17, 15) is 19.2 Å². The number of rotatable bonds is 1. The molecule has 2 heterocycles. The zero-order valence-corrected chi connectivity index (χ0v) is 13.3. The van der Waals surface area contributed by atoms with Crippen LogP contribution in [0.3, 0.4) is 0 Å². The predicted octanol–water partition coefficient (Wildman–Crippen LogP) is 1.39. The van der Waals surface area contributed by atoms with Crippen LogP contribution in [0.15, 0.2) is 18.2 Å². The molecule has 6 heteroatoms. The monoisotopic (exact) mass is 314 g/mol. The van der Waals surface area contributed by atoms with Gasteiger partial charge < -0.3 is 0 Å². The van der Waals surface area contributed by atoms with Gasteiger partial charge in [0, 0.05) is 6.42 Å². The van der Waals surface area contributed by atoms with E-state index in [1.165, 1.54) is 0 Å². The highest BCUT2D eigenvalue weighted by Gasteiger charge is 2.46.